The highest BCUT2D eigenvalue weighted by Crippen LogP contribution is 2.38. The summed E-state index contributed by atoms with van der Waals surface area (Å²) < 4.78 is 1.58. The van der Waals surface area contributed by atoms with E-state index in [2.05, 4.69) is 57.1 Å². The molecule has 1 N–H and O–H groups in total. The third-order valence-electron chi connectivity index (χ3n) is 3.49. The minimum atomic E-state index is 0.376. The van der Waals surface area contributed by atoms with Gasteiger partial charge in [-0.3, -0.25) is 0 Å². The first kappa shape index (κ1) is 12.1. The summed E-state index contributed by atoms with van der Waals surface area (Å²) in [5.41, 5.74) is 3.93. The molecule has 0 spiro atoms. The standard InChI is InChI=1S/C14H13BrN2S/c1-2-11-12(15)14(18)17-13(16-11)10-7-8-5-3-4-6-9(8)10/h3-6,10H,2,7H2,1H3,(H,16,17,18). The van der Waals surface area contributed by atoms with Crippen molar-refractivity contribution in [2.75, 3.05) is 0 Å². The lowest BCUT2D eigenvalue weighted by Gasteiger charge is -2.29. The molecule has 1 heterocycles. The lowest BCUT2D eigenvalue weighted by molar-refractivity contribution is 0.651. The molecular weight excluding hydrogens is 308 g/mol. The molecule has 1 unspecified atom stereocenters. The van der Waals surface area contributed by atoms with Crippen molar-refractivity contribution in [1.29, 1.82) is 0 Å². The van der Waals surface area contributed by atoms with E-state index < -0.39 is 0 Å². The van der Waals surface area contributed by atoms with Crippen molar-refractivity contribution >= 4 is 28.1 Å². The molecule has 0 saturated carbocycles. The Kier molecular flexibility index (Phi) is 3.08. The Hall–Kier alpha value is -1.00. The number of aromatic nitrogens is 2. The number of aromatic amines is 1. The molecule has 0 aliphatic heterocycles. The fourth-order valence-electron chi connectivity index (χ4n) is 2.44. The van der Waals surface area contributed by atoms with Crippen molar-refractivity contribution in [1.82, 2.24) is 9.97 Å². The first-order chi connectivity index (χ1) is 8.70. The number of aryl methyl sites for hydroxylation is 1. The van der Waals surface area contributed by atoms with Gasteiger partial charge in [0.25, 0.3) is 0 Å². The molecule has 4 heteroatoms. The van der Waals surface area contributed by atoms with Gasteiger partial charge in [0.05, 0.1) is 4.47 Å². The van der Waals surface area contributed by atoms with E-state index in [4.69, 9.17) is 12.2 Å². The number of nitrogens with zero attached hydrogens (tertiary/aromatic N) is 1. The number of rotatable bonds is 2. The highest BCUT2D eigenvalue weighted by Gasteiger charge is 2.29. The summed E-state index contributed by atoms with van der Waals surface area (Å²) >= 11 is 8.80. The summed E-state index contributed by atoms with van der Waals surface area (Å²) in [6, 6.07) is 8.53. The molecule has 2 nitrogen and oxygen atoms in total. The van der Waals surface area contributed by atoms with E-state index >= 15 is 0 Å². The average molecular weight is 321 g/mol. The topological polar surface area (TPSA) is 28.7 Å². The van der Waals surface area contributed by atoms with Gasteiger partial charge in [-0.1, -0.05) is 43.4 Å². The molecule has 1 aromatic heterocycles. The maximum atomic E-state index is 5.31. The summed E-state index contributed by atoms with van der Waals surface area (Å²) in [6.07, 6.45) is 1.98. The van der Waals surface area contributed by atoms with Crippen LogP contribution in [0.15, 0.2) is 28.7 Å². The molecule has 92 valence electrons. The molecule has 18 heavy (non-hydrogen) atoms. The first-order valence-electron chi connectivity index (χ1n) is 6.07. The zero-order chi connectivity index (χ0) is 12.7. The van der Waals surface area contributed by atoms with Crippen LogP contribution in [-0.2, 0) is 12.8 Å². The van der Waals surface area contributed by atoms with Crippen molar-refractivity contribution in [3.63, 3.8) is 0 Å². The Labute approximate surface area is 120 Å². The van der Waals surface area contributed by atoms with E-state index in [1.165, 1.54) is 11.1 Å². The smallest absolute Gasteiger partial charge is 0.144 e. The lowest BCUT2D eigenvalue weighted by Crippen LogP contribution is -2.21. The predicted octanol–water partition coefficient (Wildman–Crippen LogP) is 4.15. The molecule has 0 bridgehead atoms. The Balaban J connectivity index is 2.06. The van der Waals surface area contributed by atoms with E-state index in [0.717, 1.165) is 28.8 Å². The molecule has 1 aromatic carbocycles. The molecule has 3 rings (SSSR count). The molecule has 1 atom stereocenters. The third kappa shape index (κ3) is 1.84. The Morgan fingerprint density at radius 1 is 1.44 bits per heavy atom. The summed E-state index contributed by atoms with van der Waals surface area (Å²) in [5.74, 6) is 1.38. The highest BCUT2D eigenvalue weighted by molar-refractivity contribution is 9.10. The van der Waals surface area contributed by atoms with E-state index in [-0.39, 0.29) is 0 Å². The van der Waals surface area contributed by atoms with Crippen LogP contribution in [0.5, 0.6) is 0 Å². The van der Waals surface area contributed by atoms with Crippen LogP contribution in [0.3, 0.4) is 0 Å². The van der Waals surface area contributed by atoms with Crippen molar-refractivity contribution in [2.45, 2.75) is 25.7 Å². The molecule has 0 fully saturated rings. The molecule has 0 amide bonds. The Morgan fingerprint density at radius 3 is 2.94 bits per heavy atom. The van der Waals surface area contributed by atoms with Crippen LogP contribution in [-0.4, -0.2) is 9.97 Å². The number of halogens is 1. The SMILES string of the molecule is CCc1[nH]c(C2Cc3ccccc32)nc(=S)c1Br. The van der Waals surface area contributed by atoms with Gasteiger partial charge >= 0.3 is 0 Å². The van der Waals surface area contributed by atoms with Gasteiger partial charge in [-0.2, -0.15) is 0 Å². The van der Waals surface area contributed by atoms with Crippen LogP contribution in [0.1, 0.15) is 35.5 Å². The monoisotopic (exact) mass is 320 g/mol. The minimum Gasteiger partial charge on any atom is -0.346 e. The quantitative estimate of drug-likeness (QED) is 0.842. The maximum absolute atomic E-state index is 5.31. The van der Waals surface area contributed by atoms with Gasteiger partial charge in [0.15, 0.2) is 0 Å². The van der Waals surface area contributed by atoms with Crippen LogP contribution in [0.2, 0.25) is 0 Å². The van der Waals surface area contributed by atoms with Crippen LogP contribution in [0, 0.1) is 4.64 Å². The Morgan fingerprint density at radius 2 is 2.22 bits per heavy atom. The zero-order valence-corrected chi connectivity index (χ0v) is 12.4. The Bertz CT molecular complexity index is 663. The van der Waals surface area contributed by atoms with Crippen molar-refractivity contribution in [3.05, 3.63) is 56.0 Å². The fourth-order valence-corrected chi connectivity index (χ4v) is 3.13. The van der Waals surface area contributed by atoms with Gasteiger partial charge in [0.1, 0.15) is 10.5 Å². The zero-order valence-electron chi connectivity index (χ0n) is 10.0. The van der Waals surface area contributed by atoms with E-state index in [1.807, 2.05) is 0 Å². The summed E-state index contributed by atoms with van der Waals surface area (Å²) in [6.45, 7) is 2.11. The second-order valence-electron chi connectivity index (χ2n) is 4.53. The van der Waals surface area contributed by atoms with Crippen LogP contribution < -0.4 is 0 Å². The van der Waals surface area contributed by atoms with Gasteiger partial charge < -0.3 is 4.98 Å². The summed E-state index contributed by atoms with van der Waals surface area (Å²) in [4.78, 5) is 7.94. The second kappa shape index (κ2) is 4.59. The number of nitrogens with one attached hydrogen (secondary N) is 1. The maximum Gasteiger partial charge on any atom is 0.144 e. The first-order valence-corrected chi connectivity index (χ1v) is 7.27. The van der Waals surface area contributed by atoms with Gasteiger partial charge in [-0.25, -0.2) is 4.98 Å². The van der Waals surface area contributed by atoms with Crippen molar-refractivity contribution in [3.8, 4) is 0 Å². The number of fused-ring (bicyclic) bond motifs is 1. The lowest BCUT2D eigenvalue weighted by atomic mass is 9.77. The summed E-state index contributed by atoms with van der Waals surface area (Å²) in [5, 5.41) is 0. The number of H-pyrrole nitrogens is 1. The van der Waals surface area contributed by atoms with Crippen molar-refractivity contribution < 1.29 is 0 Å². The molecule has 1 aliphatic rings. The van der Waals surface area contributed by atoms with Gasteiger partial charge in [-0.05, 0) is 39.9 Å². The van der Waals surface area contributed by atoms with E-state index in [0.29, 0.717) is 10.6 Å². The van der Waals surface area contributed by atoms with Crippen LogP contribution in [0.4, 0.5) is 0 Å². The molecular formula is C14H13BrN2S. The molecule has 0 radical (unpaired) electrons. The van der Waals surface area contributed by atoms with Gasteiger partial charge in [-0.15, -0.1) is 0 Å². The number of benzene rings is 1. The highest BCUT2D eigenvalue weighted by atomic mass is 79.9. The van der Waals surface area contributed by atoms with Gasteiger partial charge in [0.2, 0.25) is 0 Å². The average Bonchev–Trinajstić information content (AvgIpc) is 2.35. The third-order valence-corrected chi connectivity index (χ3v) is 4.90. The van der Waals surface area contributed by atoms with Crippen molar-refractivity contribution in [2.24, 2.45) is 0 Å². The van der Waals surface area contributed by atoms with Crippen LogP contribution >= 0.6 is 28.1 Å². The second-order valence-corrected chi connectivity index (χ2v) is 5.71. The largest absolute Gasteiger partial charge is 0.346 e. The fraction of sp³-hybridized carbons (Fsp3) is 0.286. The van der Waals surface area contributed by atoms with E-state index in [9.17, 15) is 0 Å². The van der Waals surface area contributed by atoms with Crippen LogP contribution in [0.25, 0.3) is 0 Å². The number of hydrogen-bond acceptors (Lipinski definition) is 2. The molecule has 2 aromatic rings. The summed E-state index contributed by atoms with van der Waals surface area (Å²) in [7, 11) is 0. The minimum absolute atomic E-state index is 0.376. The predicted molar refractivity (Wildman–Crippen MR) is 78.5 cm³/mol. The molecule has 0 saturated heterocycles. The van der Waals surface area contributed by atoms with E-state index in [1.54, 1.807) is 0 Å². The normalized spacial score (nSPS) is 17.1. The molecule has 1 aliphatic carbocycles. The number of hydrogen-bond donors (Lipinski definition) is 1. The van der Waals surface area contributed by atoms with Gasteiger partial charge in [0, 0.05) is 11.6 Å².